The molecule has 1 N–H and O–H groups in total. The number of hydrogen-bond donors (Lipinski definition) is 1. The zero-order valence-corrected chi connectivity index (χ0v) is 19.1. The molecule has 0 aliphatic rings. The van der Waals surface area contributed by atoms with Gasteiger partial charge in [-0.3, -0.25) is 0 Å². The van der Waals surface area contributed by atoms with Crippen LogP contribution in [0, 0.1) is 0 Å². The summed E-state index contributed by atoms with van der Waals surface area (Å²) in [4.78, 5) is 9.24. The highest BCUT2D eigenvalue weighted by Gasteiger charge is 2.11. The van der Waals surface area contributed by atoms with Crippen LogP contribution in [0.15, 0.2) is 70.2 Å². The Morgan fingerprint density at radius 3 is 2.45 bits per heavy atom. The van der Waals surface area contributed by atoms with Crippen LogP contribution in [0.2, 0.25) is 5.02 Å². The Kier molecular flexibility index (Phi) is 6.34. The van der Waals surface area contributed by atoms with E-state index in [-0.39, 0.29) is 0 Å². The number of benzene rings is 3. The molecule has 0 aliphatic carbocycles. The summed E-state index contributed by atoms with van der Waals surface area (Å²) in [5.74, 6) is 1.61. The van der Waals surface area contributed by atoms with Crippen LogP contribution in [0.4, 0.5) is 5.95 Å². The normalized spacial score (nSPS) is 11.1. The van der Waals surface area contributed by atoms with Crippen LogP contribution >= 0.6 is 27.5 Å². The van der Waals surface area contributed by atoms with Crippen molar-refractivity contribution < 1.29 is 9.47 Å². The van der Waals surface area contributed by atoms with Crippen LogP contribution in [0.3, 0.4) is 0 Å². The fraction of sp³-hybridized carbons (Fsp3) is 0.0870. The molecule has 8 heteroatoms. The third kappa shape index (κ3) is 4.62. The lowest BCUT2D eigenvalue weighted by Gasteiger charge is -2.10. The first-order chi connectivity index (χ1) is 15.1. The van der Waals surface area contributed by atoms with Crippen molar-refractivity contribution in [1.82, 2.24) is 9.97 Å². The molecule has 3 aromatic carbocycles. The predicted molar refractivity (Wildman–Crippen MR) is 128 cm³/mol. The van der Waals surface area contributed by atoms with Gasteiger partial charge in [0, 0.05) is 26.0 Å². The van der Waals surface area contributed by atoms with Gasteiger partial charge in [-0.1, -0.05) is 41.9 Å². The average Bonchev–Trinajstić information content (AvgIpc) is 2.80. The highest BCUT2D eigenvalue weighted by molar-refractivity contribution is 9.10. The van der Waals surface area contributed by atoms with Crippen LogP contribution in [0.1, 0.15) is 5.56 Å². The molecule has 0 unspecified atom stereocenters. The van der Waals surface area contributed by atoms with Crippen LogP contribution in [-0.2, 0) is 0 Å². The summed E-state index contributed by atoms with van der Waals surface area (Å²) in [6, 6.07) is 19.1. The van der Waals surface area contributed by atoms with Gasteiger partial charge in [0.2, 0.25) is 5.95 Å². The van der Waals surface area contributed by atoms with E-state index >= 15 is 0 Å². The number of nitrogens with zero attached hydrogens (tertiary/aromatic N) is 3. The molecule has 0 saturated heterocycles. The van der Waals surface area contributed by atoms with Gasteiger partial charge < -0.3 is 9.47 Å². The van der Waals surface area contributed by atoms with Crippen molar-refractivity contribution in [3.63, 3.8) is 0 Å². The standard InChI is InChI=1S/C23H18BrClN4O2/c1-30-20-10-15(18(24)12-21(20)31-2)13-26-29-23-27-19-9-8-16(25)11-17(19)22(28-23)14-6-4-3-5-7-14/h3-13H,1-2H3,(H,27,28,29)/b26-13-. The van der Waals surface area contributed by atoms with E-state index in [0.29, 0.717) is 22.5 Å². The minimum Gasteiger partial charge on any atom is -0.493 e. The van der Waals surface area contributed by atoms with E-state index in [2.05, 4.69) is 36.4 Å². The van der Waals surface area contributed by atoms with Gasteiger partial charge in [0.05, 0.1) is 31.6 Å². The maximum atomic E-state index is 6.21. The maximum absolute atomic E-state index is 6.21. The largest absolute Gasteiger partial charge is 0.493 e. The van der Waals surface area contributed by atoms with Crippen LogP contribution in [-0.4, -0.2) is 30.4 Å². The van der Waals surface area contributed by atoms with Crippen LogP contribution in [0.25, 0.3) is 22.2 Å². The van der Waals surface area contributed by atoms with Gasteiger partial charge in [-0.2, -0.15) is 5.10 Å². The number of aromatic nitrogens is 2. The maximum Gasteiger partial charge on any atom is 0.244 e. The van der Waals surface area contributed by atoms with Gasteiger partial charge in [0.25, 0.3) is 0 Å². The summed E-state index contributed by atoms with van der Waals surface area (Å²) in [7, 11) is 3.18. The lowest BCUT2D eigenvalue weighted by atomic mass is 10.1. The quantitative estimate of drug-likeness (QED) is 0.255. The molecule has 4 aromatic rings. The number of fused-ring (bicyclic) bond motifs is 1. The number of methoxy groups -OCH3 is 2. The van der Waals surface area contributed by atoms with Gasteiger partial charge in [-0.05, 0) is 46.3 Å². The Labute approximate surface area is 193 Å². The molecule has 1 heterocycles. The van der Waals surface area contributed by atoms with E-state index < -0.39 is 0 Å². The van der Waals surface area contributed by atoms with Crippen molar-refractivity contribution in [3.8, 4) is 22.8 Å². The summed E-state index contributed by atoms with van der Waals surface area (Å²) in [5, 5.41) is 5.81. The SMILES string of the molecule is COc1cc(Br)c(/C=N\Nc2nc(-c3ccccc3)c3cc(Cl)ccc3n2)cc1OC. The molecule has 156 valence electrons. The Balaban J connectivity index is 1.69. The highest BCUT2D eigenvalue weighted by Crippen LogP contribution is 2.33. The van der Waals surface area contributed by atoms with Crippen molar-refractivity contribution >= 4 is 50.6 Å². The second-order valence-corrected chi connectivity index (χ2v) is 7.81. The third-order valence-electron chi connectivity index (χ3n) is 4.58. The molecule has 0 spiro atoms. The van der Waals surface area contributed by atoms with Gasteiger partial charge in [0.15, 0.2) is 11.5 Å². The Morgan fingerprint density at radius 2 is 1.71 bits per heavy atom. The number of halogens is 2. The molecule has 0 amide bonds. The highest BCUT2D eigenvalue weighted by atomic mass is 79.9. The zero-order valence-electron chi connectivity index (χ0n) is 16.8. The second-order valence-electron chi connectivity index (χ2n) is 6.52. The molecule has 4 rings (SSSR count). The number of nitrogens with one attached hydrogen (secondary N) is 1. The van der Waals surface area contributed by atoms with Gasteiger partial charge in [0.1, 0.15) is 0 Å². The third-order valence-corrected chi connectivity index (χ3v) is 5.50. The smallest absolute Gasteiger partial charge is 0.244 e. The minimum absolute atomic E-state index is 0.376. The van der Waals surface area contributed by atoms with Crippen molar-refractivity contribution in [2.45, 2.75) is 0 Å². The van der Waals surface area contributed by atoms with E-state index in [0.717, 1.165) is 32.2 Å². The van der Waals surface area contributed by atoms with Gasteiger partial charge >= 0.3 is 0 Å². The van der Waals surface area contributed by atoms with Gasteiger partial charge in [-0.15, -0.1) is 0 Å². The molecule has 0 aliphatic heterocycles. The van der Waals surface area contributed by atoms with E-state index in [4.69, 9.17) is 21.1 Å². The molecule has 0 bridgehead atoms. The molecule has 0 radical (unpaired) electrons. The number of hydrazone groups is 1. The second kappa shape index (κ2) is 9.32. The van der Waals surface area contributed by atoms with Crippen LogP contribution < -0.4 is 14.9 Å². The summed E-state index contributed by atoms with van der Waals surface area (Å²) in [6.07, 6.45) is 1.66. The first-order valence-electron chi connectivity index (χ1n) is 9.32. The van der Waals surface area contributed by atoms with Crippen LogP contribution in [0.5, 0.6) is 11.5 Å². The van der Waals surface area contributed by atoms with E-state index in [1.54, 1.807) is 26.5 Å². The van der Waals surface area contributed by atoms with E-state index in [1.165, 1.54) is 0 Å². The molecule has 0 fully saturated rings. The number of anilines is 1. The summed E-state index contributed by atoms with van der Waals surface area (Å²) < 4.78 is 11.5. The lowest BCUT2D eigenvalue weighted by Crippen LogP contribution is -2.00. The zero-order chi connectivity index (χ0) is 21.8. The van der Waals surface area contributed by atoms with Crippen molar-refractivity contribution in [3.05, 3.63) is 75.7 Å². The van der Waals surface area contributed by atoms with E-state index in [9.17, 15) is 0 Å². The number of hydrogen-bond acceptors (Lipinski definition) is 6. The molecule has 0 atom stereocenters. The number of ether oxygens (including phenoxy) is 2. The molecule has 31 heavy (non-hydrogen) atoms. The first kappa shape index (κ1) is 21.1. The molecule has 0 saturated carbocycles. The fourth-order valence-electron chi connectivity index (χ4n) is 3.10. The Hall–Kier alpha value is -3.16. The van der Waals surface area contributed by atoms with Crippen molar-refractivity contribution in [2.75, 3.05) is 19.6 Å². The average molecular weight is 498 g/mol. The van der Waals surface area contributed by atoms with Gasteiger partial charge in [-0.25, -0.2) is 15.4 Å². The Morgan fingerprint density at radius 1 is 0.968 bits per heavy atom. The molecule has 1 aromatic heterocycles. The number of rotatable bonds is 6. The van der Waals surface area contributed by atoms with Crippen molar-refractivity contribution in [1.29, 1.82) is 0 Å². The summed E-state index contributed by atoms with van der Waals surface area (Å²) in [5.41, 5.74) is 6.24. The Bertz CT molecular complexity index is 1270. The summed E-state index contributed by atoms with van der Waals surface area (Å²) >= 11 is 9.73. The predicted octanol–water partition coefficient (Wildman–Crippen LogP) is 6.18. The van der Waals surface area contributed by atoms with Crippen molar-refractivity contribution in [2.24, 2.45) is 5.10 Å². The topological polar surface area (TPSA) is 68.6 Å². The molecule has 6 nitrogen and oxygen atoms in total. The molecular weight excluding hydrogens is 480 g/mol. The molecular formula is C23H18BrClN4O2. The lowest BCUT2D eigenvalue weighted by molar-refractivity contribution is 0.354. The first-order valence-corrected chi connectivity index (χ1v) is 10.5. The minimum atomic E-state index is 0.376. The van der Waals surface area contributed by atoms with E-state index in [1.807, 2.05) is 54.6 Å². The monoisotopic (exact) mass is 496 g/mol. The summed E-state index contributed by atoms with van der Waals surface area (Å²) in [6.45, 7) is 0. The fourth-order valence-corrected chi connectivity index (χ4v) is 3.69.